The molecule has 2 aromatic carbocycles. The van der Waals surface area contributed by atoms with Crippen molar-refractivity contribution in [2.24, 2.45) is 16.5 Å². The van der Waals surface area contributed by atoms with E-state index < -0.39 is 27.6 Å². The Bertz CT molecular complexity index is 986. The molecule has 1 aliphatic carbocycles. The van der Waals surface area contributed by atoms with Crippen LogP contribution in [0.5, 0.6) is 0 Å². The van der Waals surface area contributed by atoms with E-state index in [0.717, 1.165) is 17.7 Å². The van der Waals surface area contributed by atoms with Gasteiger partial charge in [0.2, 0.25) is 10.0 Å². The van der Waals surface area contributed by atoms with E-state index in [9.17, 15) is 26.0 Å². The second kappa shape index (κ2) is 6.73. The van der Waals surface area contributed by atoms with Crippen LogP contribution in [-0.2, 0) is 16.2 Å². The van der Waals surface area contributed by atoms with E-state index in [2.05, 4.69) is 5.32 Å². The zero-order valence-electron chi connectivity index (χ0n) is 15.2. The standard InChI is InChI=1S/C19H20F4N2O2S/c1-18(2)15(17(18)11-3-6-13(7-4-11)28(24,26)27)10-25-12-5-8-16(20)14(9-12)19(21,22)23/h3-9,15,17,25H,10H2,1-2H3,(H2,24,26,27). The van der Waals surface area contributed by atoms with Gasteiger partial charge in [-0.3, -0.25) is 0 Å². The molecule has 0 radical (unpaired) electrons. The van der Waals surface area contributed by atoms with Crippen molar-refractivity contribution in [3.63, 3.8) is 0 Å². The van der Waals surface area contributed by atoms with E-state index in [4.69, 9.17) is 5.14 Å². The third-order valence-electron chi connectivity index (χ3n) is 5.42. The number of nitrogens with two attached hydrogens (primary N) is 1. The van der Waals surface area contributed by atoms with Gasteiger partial charge in [0.1, 0.15) is 5.82 Å². The third kappa shape index (κ3) is 4.00. The van der Waals surface area contributed by atoms with Gasteiger partial charge in [0, 0.05) is 12.2 Å². The van der Waals surface area contributed by atoms with Crippen LogP contribution in [0.1, 0.15) is 30.9 Å². The number of nitrogens with one attached hydrogen (secondary N) is 1. The van der Waals surface area contributed by atoms with Crippen molar-refractivity contribution < 1.29 is 26.0 Å². The maximum atomic E-state index is 13.4. The first-order valence-electron chi connectivity index (χ1n) is 8.55. The zero-order chi connectivity index (χ0) is 20.9. The SMILES string of the molecule is CC1(C)C(CNc2ccc(F)c(C(F)(F)F)c2)C1c1ccc(S(N)(=O)=O)cc1. The molecule has 2 aromatic rings. The summed E-state index contributed by atoms with van der Waals surface area (Å²) < 4.78 is 74.7. The molecule has 3 rings (SSSR count). The summed E-state index contributed by atoms with van der Waals surface area (Å²) in [5.41, 5.74) is -0.301. The number of alkyl halides is 3. The first-order valence-corrected chi connectivity index (χ1v) is 10.1. The maximum Gasteiger partial charge on any atom is 0.419 e. The van der Waals surface area contributed by atoms with Crippen LogP contribution in [0, 0.1) is 17.2 Å². The van der Waals surface area contributed by atoms with Crippen molar-refractivity contribution >= 4 is 15.7 Å². The van der Waals surface area contributed by atoms with Crippen molar-refractivity contribution in [2.75, 3.05) is 11.9 Å². The van der Waals surface area contributed by atoms with E-state index >= 15 is 0 Å². The van der Waals surface area contributed by atoms with Crippen molar-refractivity contribution in [3.8, 4) is 0 Å². The van der Waals surface area contributed by atoms with Crippen LogP contribution in [0.15, 0.2) is 47.4 Å². The summed E-state index contributed by atoms with van der Waals surface area (Å²) in [7, 11) is -3.77. The second-order valence-electron chi connectivity index (χ2n) is 7.59. The fourth-order valence-corrected chi connectivity index (χ4v) is 4.25. The lowest BCUT2D eigenvalue weighted by Gasteiger charge is -2.12. The minimum Gasteiger partial charge on any atom is -0.385 e. The molecule has 152 valence electrons. The van der Waals surface area contributed by atoms with Gasteiger partial charge in [-0.1, -0.05) is 26.0 Å². The molecule has 0 heterocycles. The van der Waals surface area contributed by atoms with Crippen molar-refractivity contribution in [1.29, 1.82) is 0 Å². The monoisotopic (exact) mass is 416 g/mol. The van der Waals surface area contributed by atoms with E-state index in [1.54, 1.807) is 12.1 Å². The smallest absolute Gasteiger partial charge is 0.385 e. The van der Waals surface area contributed by atoms with Crippen LogP contribution in [0.3, 0.4) is 0 Å². The van der Waals surface area contributed by atoms with Crippen molar-refractivity contribution in [2.45, 2.75) is 30.8 Å². The number of anilines is 1. The molecule has 9 heteroatoms. The van der Waals surface area contributed by atoms with Crippen LogP contribution in [0.25, 0.3) is 0 Å². The Kier molecular flexibility index (Phi) is 4.95. The van der Waals surface area contributed by atoms with Gasteiger partial charge < -0.3 is 5.32 Å². The van der Waals surface area contributed by atoms with Crippen LogP contribution in [-0.4, -0.2) is 15.0 Å². The molecular weight excluding hydrogens is 396 g/mol. The highest BCUT2D eigenvalue weighted by Gasteiger charge is 2.57. The normalized spacial score (nSPS) is 21.4. The van der Waals surface area contributed by atoms with Gasteiger partial charge in [-0.25, -0.2) is 17.9 Å². The summed E-state index contributed by atoms with van der Waals surface area (Å²) in [4.78, 5) is 0.0235. The number of rotatable bonds is 5. The topological polar surface area (TPSA) is 72.2 Å². The predicted octanol–water partition coefficient (Wildman–Crippen LogP) is 4.34. The molecule has 0 spiro atoms. The summed E-state index contributed by atoms with van der Waals surface area (Å²) in [5.74, 6) is -1.08. The summed E-state index contributed by atoms with van der Waals surface area (Å²) in [5, 5.41) is 8.05. The summed E-state index contributed by atoms with van der Waals surface area (Å²) in [6.45, 7) is 4.46. The van der Waals surface area contributed by atoms with Crippen LogP contribution < -0.4 is 10.5 Å². The molecule has 0 saturated heterocycles. The molecule has 1 aliphatic rings. The summed E-state index contributed by atoms with van der Waals surface area (Å²) in [6.07, 6.45) is -4.76. The third-order valence-corrected chi connectivity index (χ3v) is 6.35. The molecule has 1 fully saturated rings. The predicted molar refractivity (Wildman–Crippen MR) is 97.7 cm³/mol. The van der Waals surface area contributed by atoms with Gasteiger partial charge in [0.05, 0.1) is 10.5 Å². The Balaban J connectivity index is 1.72. The van der Waals surface area contributed by atoms with Gasteiger partial charge >= 0.3 is 6.18 Å². The minimum atomic E-state index is -4.76. The molecule has 0 aliphatic heterocycles. The zero-order valence-corrected chi connectivity index (χ0v) is 16.0. The van der Waals surface area contributed by atoms with E-state index in [1.165, 1.54) is 18.2 Å². The number of halogens is 4. The first-order chi connectivity index (χ1) is 12.8. The molecule has 1 saturated carbocycles. The van der Waals surface area contributed by atoms with Gasteiger partial charge in [-0.15, -0.1) is 0 Å². The lowest BCUT2D eigenvalue weighted by Crippen LogP contribution is -2.12. The van der Waals surface area contributed by atoms with Crippen molar-refractivity contribution in [3.05, 3.63) is 59.4 Å². The van der Waals surface area contributed by atoms with E-state index in [-0.39, 0.29) is 27.8 Å². The lowest BCUT2D eigenvalue weighted by molar-refractivity contribution is -0.139. The Hall–Kier alpha value is -2.13. The Morgan fingerprint density at radius 1 is 1.11 bits per heavy atom. The summed E-state index contributed by atoms with van der Waals surface area (Å²) in [6, 6.07) is 9.12. The molecule has 2 atom stereocenters. The van der Waals surface area contributed by atoms with Gasteiger partial charge in [0.25, 0.3) is 0 Å². The molecule has 4 nitrogen and oxygen atoms in total. The number of sulfonamides is 1. The largest absolute Gasteiger partial charge is 0.419 e. The maximum absolute atomic E-state index is 13.4. The number of primary sulfonamides is 1. The van der Waals surface area contributed by atoms with E-state index in [0.29, 0.717) is 6.54 Å². The molecule has 0 aromatic heterocycles. The average molecular weight is 416 g/mol. The lowest BCUT2D eigenvalue weighted by atomic mass is 10.0. The Morgan fingerprint density at radius 3 is 2.25 bits per heavy atom. The van der Waals surface area contributed by atoms with E-state index in [1.807, 2.05) is 13.8 Å². The minimum absolute atomic E-state index is 0.0235. The van der Waals surface area contributed by atoms with Gasteiger partial charge in [-0.05, 0) is 53.1 Å². The Labute approximate surface area is 160 Å². The molecule has 0 bridgehead atoms. The average Bonchev–Trinajstić information content (AvgIpc) is 3.13. The molecule has 2 unspecified atom stereocenters. The van der Waals surface area contributed by atoms with Gasteiger partial charge in [-0.2, -0.15) is 13.2 Å². The highest BCUT2D eigenvalue weighted by atomic mass is 32.2. The highest BCUT2D eigenvalue weighted by molar-refractivity contribution is 7.89. The van der Waals surface area contributed by atoms with Crippen LogP contribution in [0.4, 0.5) is 23.2 Å². The van der Waals surface area contributed by atoms with Crippen LogP contribution in [0.2, 0.25) is 0 Å². The summed E-state index contributed by atoms with van der Waals surface area (Å²) >= 11 is 0. The Morgan fingerprint density at radius 2 is 1.71 bits per heavy atom. The van der Waals surface area contributed by atoms with Gasteiger partial charge in [0.15, 0.2) is 0 Å². The number of benzene rings is 2. The van der Waals surface area contributed by atoms with Crippen molar-refractivity contribution in [1.82, 2.24) is 0 Å². The molecule has 3 N–H and O–H groups in total. The number of hydrogen-bond donors (Lipinski definition) is 2. The molecular formula is C19H20F4N2O2S. The molecule has 28 heavy (non-hydrogen) atoms. The quantitative estimate of drug-likeness (QED) is 0.712. The second-order valence-corrected chi connectivity index (χ2v) is 9.15. The highest BCUT2D eigenvalue weighted by Crippen LogP contribution is 2.64. The first kappa shape index (κ1) is 20.6. The fourth-order valence-electron chi connectivity index (χ4n) is 3.73. The van der Waals surface area contributed by atoms with Crippen LogP contribution >= 0.6 is 0 Å². The molecule has 0 amide bonds. The fraction of sp³-hybridized carbons (Fsp3) is 0.368. The number of hydrogen-bond acceptors (Lipinski definition) is 3.